The van der Waals surface area contributed by atoms with Crippen LogP contribution in [0.3, 0.4) is 0 Å². The Morgan fingerprint density at radius 2 is 1.73 bits per heavy atom. The first-order valence-corrected chi connectivity index (χ1v) is 10.5. The van der Waals surface area contributed by atoms with Crippen molar-refractivity contribution in [3.8, 4) is 11.3 Å². The molecular weight excluding hydrogens is 372 g/mol. The molecule has 0 saturated carbocycles. The maximum absolute atomic E-state index is 12.6. The summed E-state index contributed by atoms with van der Waals surface area (Å²) < 4.78 is 1.51. The monoisotopic (exact) mass is 400 g/mol. The summed E-state index contributed by atoms with van der Waals surface area (Å²) in [6.45, 7) is 8.90. The molecule has 0 unspecified atom stereocenters. The van der Waals surface area contributed by atoms with Crippen LogP contribution in [-0.4, -0.2) is 26.0 Å². The number of fused-ring (bicyclic) bond motifs is 1. The maximum atomic E-state index is 12.6. The molecule has 0 aliphatic heterocycles. The van der Waals surface area contributed by atoms with Gasteiger partial charge in [0.25, 0.3) is 5.56 Å². The zero-order chi connectivity index (χ0) is 21.1. The molecule has 154 valence electrons. The lowest BCUT2D eigenvalue weighted by Gasteiger charge is -2.20. The normalized spacial score (nSPS) is 11.6. The van der Waals surface area contributed by atoms with Gasteiger partial charge in [0.05, 0.1) is 11.4 Å². The molecule has 0 amide bonds. The maximum Gasteiger partial charge on any atom is 0.272 e. The Kier molecular flexibility index (Phi) is 5.81. The van der Waals surface area contributed by atoms with Crippen LogP contribution < -0.4 is 5.56 Å². The van der Waals surface area contributed by atoms with E-state index in [1.165, 1.54) is 15.6 Å². The molecule has 5 nitrogen and oxygen atoms in total. The lowest BCUT2D eigenvalue weighted by atomic mass is 10.0. The second-order valence-corrected chi connectivity index (χ2v) is 8.01. The average Bonchev–Trinajstić information content (AvgIpc) is 3.19. The van der Waals surface area contributed by atoms with Crippen LogP contribution in [0, 0.1) is 0 Å². The number of hydrogen-bond donors (Lipinski definition) is 1. The summed E-state index contributed by atoms with van der Waals surface area (Å²) in [7, 11) is 0. The van der Waals surface area contributed by atoms with Gasteiger partial charge in [0.2, 0.25) is 0 Å². The van der Waals surface area contributed by atoms with E-state index in [0.29, 0.717) is 18.1 Å². The highest BCUT2D eigenvalue weighted by Crippen LogP contribution is 2.19. The Morgan fingerprint density at radius 1 is 1.00 bits per heavy atom. The van der Waals surface area contributed by atoms with Gasteiger partial charge in [-0.15, -0.1) is 0 Å². The molecule has 2 heterocycles. The summed E-state index contributed by atoms with van der Waals surface area (Å²) in [4.78, 5) is 19.7. The van der Waals surface area contributed by atoms with E-state index in [1.807, 2.05) is 36.4 Å². The fraction of sp³-hybridized carbons (Fsp3) is 0.280. The SMILES string of the molecule is CCN(Cc1ccc(C(C)C)cc1)Cc1cc(=O)n2[nH]c(-c3ccccc3)cc2n1. The third-order valence-electron chi connectivity index (χ3n) is 5.47. The van der Waals surface area contributed by atoms with Gasteiger partial charge in [-0.1, -0.05) is 75.4 Å². The van der Waals surface area contributed by atoms with Crippen LogP contribution in [0.25, 0.3) is 16.9 Å². The first-order valence-electron chi connectivity index (χ1n) is 10.5. The molecule has 0 aliphatic rings. The molecule has 0 saturated heterocycles. The van der Waals surface area contributed by atoms with Gasteiger partial charge in [0, 0.05) is 25.2 Å². The fourth-order valence-electron chi connectivity index (χ4n) is 3.66. The third-order valence-corrected chi connectivity index (χ3v) is 5.47. The van der Waals surface area contributed by atoms with Gasteiger partial charge in [-0.3, -0.25) is 14.8 Å². The molecular formula is C25H28N4O. The van der Waals surface area contributed by atoms with Crippen LogP contribution >= 0.6 is 0 Å². The first kappa shape index (κ1) is 20.1. The highest BCUT2D eigenvalue weighted by Gasteiger charge is 2.11. The number of nitrogens with one attached hydrogen (secondary N) is 1. The Balaban J connectivity index is 1.55. The quantitative estimate of drug-likeness (QED) is 0.483. The van der Waals surface area contributed by atoms with Crippen LogP contribution in [0.1, 0.15) is 43.5 Å². The number of H-pyrrole nitrogens is 1. The summed E-state index contributed by atoms with van der Waals surface area (Å²) in [6, 6.07) is 22.3. The van der Waals surface area contributed by atoms with Crippen molar-refractivity contribution < 1.29 is 0 Å². The summed E-state index contributed by atoms with van der Waals surface area (Å²) in [5.41, 5.74) is 5.89. The van der Waals surface area contributed by atoms with Crippen molar-refractivity contribution in [2.45, 2.75) is 39.8 Å². The van der Waals surface area contributed by atoms with Gasteiger partial charge >= 0.3 is 0 Å². The van der Waals surface area contributed by atoms with Crippen LogP contribution in [0.2, 0.25) is 0 Å². The molecule has 5 heteroatoms. The Hall–Kier alpha value is -3.18. The first-order chi connectivity index (χ1) is 14.5. The Bertz CT molecular complexity index is 1170. The van der Waals surface area contributed by atoms with E-state index in [0.717, 1.165) is 30.0 Å². The standard InChI is InChI=1S/C25H28N4O/c1-4-28(16-19-10-12-20(13-11-19)18(2)3)17-22-14-25(30)29-24(26-22)15-23(27-29)21-8-6-5-7-9-21/h5-15,18,27H,4,16-17H2,1-3H3. The van der Waals surface area contributed by atoms with Crippen molar-refractivity contribution in [3.05, 3.63) is 93.9 Å². The van der Waals surface area contributed by atoms with E-state index in [-0.39, 0.29) is 5.56 Å². The molecule has 2 aromatic carbocycles. The largest absolute Gasteiger partial charge is 0.294 e. The summed E-state index contributed by atoms with van der Waals surface area (Å²) in [6.07, 6.45) is 0. The Morgan fingerprint density at radius 3 is 2.40 bits per heavy atom. The zero-order valence-electron chi connectivity index (χ0n) is 17.8. The second-order valence-electron chi connectivity index (χ2n) is 8.01. The van der Waals surface area contributed by atoms with Gasteiger partial charge in [0.1, 0.15) is 0 Å². The van der Waals surface area contributed by atoms with E-state index in [2.05, 4.69) is 55.0 Å². The lowest BCUT2D eigenvalue weighted by Crippen LogP contribution is -2.25. The van der Waals surface area contributed by atoms with Gasteiger partial charge in [-0.05, 0) is 29.2 Å². The fourth-order valence-corrected chi connectivity index (χ4v) is 3.66. The van der Waals surface area contributed by atoms with Crippen LogP contribution in [0.4, 0.5) is 0 Å². The third kappa shape index (κ3) is 4.36. The molecule has 0 spiro atoms. The molecule has 0 aliphatic carbocycles. The summed E-state index contributed by atoms with van der Waals surface area (Å²) in [5, 5.41) is 3.16. The summed E-state index contributed by atoms with van der Waals surface area (Å²) >= 11 is 0. The van der Waals surface area contributed by atoms with E-state index in [9.17, 15) is 4.79 Å². The molecule has 0 atom stereocenters. The number of nitrogens with zero attached hydrogens (tertiary/aromatic N) is 3. The predicted octanol–water partition coefficient (Wildman–Crippen LogP) is 4.84. The van der Waals surface area contributed by atoms with E-state index >= 15 is 0 Å². The van der Waals surface area contributed by atoms with Crippen molar-refractivity contribution in [2.75, 3.05) is 6.54 Å². The van der Waals surface area contributed by atoms with Crippen LogP contribution in [0.15, 0.2) is 71.5 Å². The molecule has 0 bridgehead atoms. The van der Waals surface area contributed by atoms with Gasteiger partial charge in [0.15, 0.2) is 5.65 Å². The van der Waals surface area contributed by atoms with Crippen molar-refractivity contribution >= 4 is 5.65 Å². The minimum atomic E-state index is -0.0884. The molecule has 4 rings (SSSR count). The molecule has 0 fully saturated rings. The van der Waals surface area contributed by atoms with Crippen molar-refractivity contribution in [2.24, 2.45) is 0 Å². The molecule has 30 heavy (non-hydrogen) atoms. The van der Waals surface area contributed by atoms with Gasteiger partial charge in [-0.25, -0.2) is 9.50 Å². The van der Waals surface area contributed by atoms with E-state index in [1.54, 1.807) is 6.07 Å². The lowest BCUT2D eigenvalue weighted by molar-refractivity contribution is 0.268. The van der Waals surface area contributed by atoms with E-state index < -0.39 is 0 Å². The number of hydrogen-bond acceptors (Lipinski definition) is 3. The topological polar surface area (TPSA) is 53.4 Å². The number of aromatic amines is 1. The highest BCUT2D eigenvalue weighted by molar-refractivity contribution is 5.63. The molecule has 4 aromatic rings. The van der Waals surface area contributed by atoms with Crippen molar-refractivity contribution in [1.29, 1.82) is 0 Å². The smallest absolute Gasteiger partial charge is 0.272 e. The summed E-state index contributed by atoms with van der Waals surface area (Å²) in [5.74, 6) is 0.535. The highest BCUT2D eigenvalue weighted by atomic mass is 16.1. The van der Waals surface area contributed by atoms with Gasteiger partial charge in [-0.2, -0.15) is 0 Å². The van der Waals surface area contributed by atoms with Crippen LogP contribution in [-0.2, 0) is 13.1 Å². The molecule has 0 radical (unpaired) electrons. The molecule has 2 aromatic heterocycles. The van der Waals surface area contributed by atoms with Crippen LogP contribution in [0.5, 0.6) is 0 Å². The molecule has 1 N–H and O–H groups in total. The van der Waals surface area contributed by atoms with Crippen molar-refractivity contribution in [3.63, 3.8) is 0 Å². The Labute approximate surface area is 177 Å². The zero-order valence-corrected chi connectivity index (χ0v) is 17.8. The number of rotatable bonds is 7. The average molecular weight is 401 g/mol. The predicted molar refractivity (Wildman–Crippen MR) is 122 cm³/mol. The van der Waals surface area contributed by atoms with Gasteiger partial charge < -0.3 is 0 Å². The number of aromatic nitrogens is 3. The minimum absolute atomic E-state index is 0.0884. The second kappa shape index (κ2) is 8.67. The van der Waals surface area contributed by atoms with E-state index in [4.69, 9.17) is 4.98 Å². The van der Waals surface area contributed by atoms with Crippen molar-refractivity contribution in [1.82, 2.24) is 19.5 Å². The minimum Gasteiger partial charge on any atom is -0.294 e. The number of benzene rings is 2.